The summed E-state index contributed by atoms with van der Waals surface area (Å²) < 4.78 is 3.32. The lowest BCUT2D eigenvalue weighted by molar-refractivity contribution is 0.963. The van der Waals surface area contributed by atoms with Crippen LogP contribution in [0.25, 0.3) is 22.4 Å². The normalized spacial score (nSPS) is 11.4. The summed E-state index contributed by atoms with van der Waals surface area (Å²) in [6.45, 7) is 0. The van der Waals surface area contributed by atoms with E-state index >= 15 is 0 Å². The van der Waals surface area contributed by atoms with E-state index in [0.717, 1.165) is 5.52 Å². The molecule has 2 aromatic heterocycles. The molecule has 2 heterocycles. The van der Waals surface area contributed by atoms with Gasteiger partial charge in [-0.1, -0.05) is 23.7 Å². The van der Waals surface area contributed by atoms with Crippen LogP contribution < -0.4 is 5.56 Å². The second kappa shape index (κ2) is 5.37. The molecular formula is C16H10Cl2N4O. The molecule has 0 bridgehead atoms. The van der Waals surface area contributed by atoms with Crippen LogP contribution in [0, 0.1) is 0 Å². The summed E-state index contributed by atoms with van der Waals surface area (Å²) in [6.07, 6.45) is 0. The van der Waals surface area contributed by atoms with E-state index < -0.39 is 0 Å². The van der Waals surface area contributed by atoms with Crippen molar-refractivity contribution in [3.05, 3.63) is 69.7 Å². The van der Waals surface area contributed by atoms with Gasteiger partial charge in [0.25, 0.3) is 5.56 Å². The Kier molecular flexibility index (Phi) is 3.32. The van der Waals surface area contributed by atoms with Crippen molar-refractivity contribution >= 4 is 39.9 Å². The third-order valence-electron chi connectivity index (χ3n) is 3.70. The molecule has 0 atom stereocenters. The van der Waals surface area contributed by atoms with E-state index in [4.69, 9.17) is 23.2 Å². The van der Waals surface area contributed by atoms with Gasteiger partial charge >= 0.3 is 0 Å². The lowest BCUT2D eigenvalue weighted by atomic mass is 10.2. The van der Waals surface area contributed by atoms with Gasteiger partial charge in [-0.3, -0.25) is 9.20 Å². The van der Waals surface area contributed by atoms with Crippen molar-refractivity contribution in [2.45, 2.75) is 5.88 Å². The topological polar surface area (TPSA) is 52.2 Å². The van der Waals surface area contributed by atoms with Gasteiger partial charge in [-0.25, -0.2) is 4.57 Å². The maximum absolute atomic E-state index is 12.9. The predicted octanol–water partition coefficient (Wildman–Crippen LogP) is 3.43. The van der Waals surface area contributed by atoms with Gasteiger partial charge in [0.05, 0.1) is 22.5 Å². The molecule has 0 aliphatic heterocycles. The van der Waals surface area contributed by atoms with E-state index in [0.29, 0.717) is 27.7 Å². The first-order chi connectivity index (χ1) is 11.2. The summed E-state index contributed by atoms with van der Waals surface area (Å²) in [7, 11) is 0. The summed E-state index contributed by atoms with van der Waals surface area (Å²) in [5.41, 5.74) is 1.24. The number of nitrogens with zero attached hydrogens (tertiary/aromatic N) is 4. The van der Waals surface area contributed by atoms with Gasteiger partial charge in [0.2, 0.25) is 5.78 Å². The third-order valence-corrected chi connectivity index (χ3v) is 4.19. The van der Waals surface area contributed by atoms with Crippen LogP contribution in [0.5, 0.6) is 0 Å². The van der Waals surface area contributed by atoms with Crippen LogP contribution in [0.4, 0.5) is 0 Å². The van der Waals surface area contributed by atoms with Gasteiger partial charge in [0.15, 0.2) is 5.82 Å². The van der Waals surface area contributed by atoms with Crippen molar-refractivity contribution in [2.24, 2.45) is 0 Å². The number of hydrogen-bond donors (Lipinski definition) is 0. The Morgan fingerprint density at radius 2 is 1.74 bits per heavy atom. The molecule has 23 heavy (non-hydrogen) atoms. The lowest BCUT2D eigenvalue weighted by Gasteiger charge is -2.11. The standard InChI is InChI=1S/C16H10Cl2N4O/c17-9-14-19-20-16-21(11-7-5-10(18)6-8-11)15(23)12-3-1-2-4-13(12)22(14)16/h1-8H,9H2. The summed E-state index contributed by atoms with van der Waals surface area (Å²) in [5.74, 6) is 1.21. The van der Waals surface area contributed by atoms with Gasteiger partial charge in [0.1, 0.15) is 0 Å². The second-order valence-corrected chi connectivity index (χ2v) is 5.72. The maximum Gasteiger partial charge on any atom is 0.267 e. The number of alkyl halides is 1. The van der Waals surface area contributed by atoms with E-state index in [-0.39, 0.29) is 11.4 Å². The summed E-state index contributed by atoms with van der Waals surface area (Å²) in [5, 5.41) is 9.43. The molecule has 5 nitrogen and oxygen atoms in total. The van der Waals surface area contributed by atoms with Gasteiger partial charge < -0.3 is 0 Å². The van der Waals surface area contributed by atoms with Gasteiger partial charge in [0, 0.05) is 5.02 Å². The van der Waals surface area contributed by atoms with Crippen molar-refractivity contribution in [1.29, 1.82) is 0 Å². The predicted molar refractivity (Wildman–Crippen MR) is 90.7 cm³/mol. The number of para-hydroxylation sites is 1. The minimum Gasteiger partial charge on any atom is -0.268 e. The Labute approximate surface area is 140 Å². The Balaban J connectivity index is 2.22. The zero-order valence-corrected chi connectivity index (χ0v) is 13.3. The highest BCUT2D eigenvalue weighted by Crippen LogP contribution is 2.19. The number of benzene rings is 2. The summed E-state index contributed by atoms with van der Waals surface area (Å²) in [4.78, 5) is 12.9. The van der Waals surface area contributed by atoms with Crippen LogP contribution >= 0.6 is 23.2 Å². The molecule has 4 rings (SSSR count). The van der Waals surface area contributed by atoms with Crippen LogP contribution in [0.3, 0.4) is 0 Å². The maximum atomic E-state index is 12.9. The van der Waals surface area contributed by atoms with Crippen molar-refractivity contribution < 1.29 is 0 Å². The average molecular weight is 345 g/mol. The van der Waals surface area contributed by atoms with E-state index in [2.05, 4.69) is 10.2 Å². The van der Waals surface area contributed by atoms with Crippen LogP contribution in [0.15, 0.2) is 53.3 Å². The Morgan fingerprint density at radius 1 is 1.00 bits per heavy atom. The number of rotatable bonds is 2. The molecule has 0 aliphatic rings. The van der Waals surface area contributed by atoms with Crippen molar-refractivity contribution in [3.8, 4) is 5.69 Å². The minimum atomic E-state index is -0.163. The van der Waals surface area contributed by atoms with Crippen LogP contribution in [0.2, 0.25) is 5.02 Å². The minimum absolute atomic E-state index is 0.163. The number of fused-ring (bicyclic) bond motifs is 3. The zero-order chi connectivity index (χ0) is 16.0. The number of halogens is 2. The molecule has 7 heteroatoms. The van der Waals surface area contributed by atoms with Crippen LogP contribution in [-0.4, -0.2) is 19.2 Å². The third kappa shape index (κ3) is 2.12. The summed E-state index contributed by atoms with van der Waals surface area (Å²) >= 11 is 11.9. The fraction of sp³-hybridized carbons (Fsp3) is 0.0625. The van der Waals surface area contributed by atoms with E-state index in [1.807, 2.05) is 18.2 Å². The first kappa shape index (κ1) is 14.2. The quantitative estimate of drug-likeness (QED) is 0.523. The molecule has 0 unspecified atom stereocenters. The first-order valence-corrected chi connectivity index (χ1v) is 7.81. The van der Waals surface area contributed by atoms with Crippen LogP contribution in [-0.2, 0) is 5.88 Å². The highest BCUT2D eigenvalue weighted by atomic mass is 35.5. The molecule has 0 fully saturated rings. The van der Waals surface area contributed by atoms with Gasteiger partial charge in [-0.2, -0.15) is 0 Å². The van der Waals surface area contributed by atoms with Crippen molar-refractivity contribution in [1.82, 2.24) is 19.2 Å². The average Bonchev–Trinajstić information content (AvgIpc) is 3.00. The smallest absolute Gasteiger partial charge is 0.267 e. The molecule has 0 radical (unpaired) electrons. The lowest BCUT2D eigenvalue weighted by Crippen LogP contribution is -2.22. The second-order valence-electron chi connectivity index (χ2n) is 5.02. The molecule has 0 amide bonds. The molecule has 0 saturated heterocycles. The fourth-order valence-electron chi connectivity index (χ4n) is 2.67. The molecule has 2 aromatic carbocycles. The molecule has 0 saturated carbocycles. The highest BCUT2D eigenvalue weighted by molar-refractivity contribution is 6.30. The Morgan fingerprint density at radius 3 is 2.48 bits per heavy atom. The zero-order valence-electron chi connectivity index (χ0n) is 11.8. The van der Waals surface area contributed by atoms with Crippen LogP contribution in [0.1, 0.15) is 5.82 Å². The monoisotopic (exact) mass is 344 g/mol. The molecule has 0 N–H and O–H groups in total. The van der Waals surface area contributed by atoms with Crippen molar-refractivity contribution in [3.63, 3.8) is 0 Å². The van der Waals surface area contributed by atoms with Gasteiger partial charge in [-0.15, -0.1) is 21.8 Å². The largest absolute Gasteiger partial charge is 0.268 e. The highest BCUT2D eigenvalue weighted by Gasteiger charge is 2.16. The number of hydrogen-bond acceptors (Lipinski definition) is 3. The molecular weight excluding hydrogens is 335 g/mol. The van der Waals surface area contributed by atoms with Crippen molar-refractivity contribution in [2.75, 3.05) is 0 Å². The number of aromatic nitrogens is 4. The van der Waals surface area contributed by atoms with Gasteiger partial charge in [-0.05, 0) is 36.4 Å². The molecule has 4 aromatic rings. The SMILES string of the molecule is O=c1c2ccccc2n2c(CCl)nnc2n1-c1ccc(Cl)cc1. The molecule has 114 valence electrons. The van der Waals surface area contributed by atoms with E-state index in [9.17, 15) is 4.79 Å². The first-order valence-electron chi connectivity index (χ1n) is 6.90. The summed E-state index contributed by atoms with van der Waals surface area (Å²) in [6, 6.07) is 14.3. The fourth-order valence-corrected chi connectivity index (χ4v) is 2.97. The molecule has 0 spiro atoms. The molecule has 0 aliphatic carbocycles. The van der Waals surface area contributed by atoms with E-state index in [1.54, 1.807) is 34.7 Å². The van der Waals surface area contributed by atoms with E-state index in [1.165, 1.54) is 4.57 Å². The Bertz CT molecular complexity index is 1080. The Hall–Kier alpha value is -2.37.